The summed E-state index contributed by atoms with van der Waals surface area (Å²) < 4.78 is 23.1. The number of carbonyl (C=O) groups excluding carboxylic acids is 1. The van der Waals surface area contributed by atoms with E-state index >= 15 is 0 Å². The molecule has 0 bridgehead atoms. The normalized spacial score (nSPS) is 28.5. The van der Waals surface area contributed by atoms with Crippen LogP contribution in [-0.2, 0) is 35.3 Å². The lowest BCUT2D eigenvalue weighted by molar-refractivity contribution is -0.188. The van der Waals surface area contributed by atoms with Crippen molar-refractivity contribution in [3.05, 3.63) is 35.4 Å². The zero-order valence-electron chi connectivity index (χ0n) is 11.9. The molecule has 22 heavy (non-hydrogen) atoms. The first-order valence-electron chi connectivity index (χ1n) is 7.32. The number of benzene rings is 1. The number of hydrogen-bond acceptors (Lipinski definition) is 6. The van der Waals surface area contributed by atoms with Crippen molar-refractivity contribution in [1.29, 1.82) is 5.26 Å². The van der Waals surface area contributed by atoms with Crippen LogP contribution in [0.4, 0.5) is 0 Å². The predicted octanol–water partition coefficient (Wildman–Crippen LogP) is 1.20. The van der Waals surface area contributed by atoms with Crippen LogP contribution in [0.1, 0.15) is 17.5 Å². The van der Waals surface area contributed by atoms with Crippen LogP contribution in [-0.4, -0.2) is 32.2 Å². The minimum Gasteiger partial charge on any atom is -0.343 e. The van der Waals surface area contributed by atoms with E-state index in [1.54, 1.807) is 6.07 Å². The maximum absolute atomic E-state index is 12.9. The highest BCUT2D eigenvalue weighted by atomic mass is 16.7. The van der Waals surface area contributed by atoms with E-state index in [0.717, 1.165) is 0 Å². The van der Waals surface area contributed by atoms with Gasteiger partial charge < -0.3 is 18.9 Å². The summed E-state index contributed by atoms with van der Waals surface area (Å²) in [5, 5.41) is 9.46. The first kappa shape index (κ1) is 13.9. The number of nitriles is 1. The van der Waals surface area contributed by atoms with Crippen LogP contribution in [0.25, 0.3) is 0 Å². The lowest BCUT2D eigenvalue weighted by Crippen LogP contribution is -2.40. The van der Waals surface area contributed by atoms with Crippen molar-refractivity contribution in [2.75, 3.05) is 26.4 Å². The van der Waals surface area contributed by atoms with Crippen molar-refractivity contribution >= 4 is 5.78 Å². The van der Waals surface area contributed by atoms with Crippen molar-refractivity contribution in [3.63, 3.8) is 0 Å². The van der Waals surface area contributed by atoms with Crippen LogP contribution in [0.3, 0.4) is 0 Å². The van der Waals surface area contributed by atoms with Crippen molar-refractivity contribution in [2.24, 2.45) is 5.92 Å². The van der Waals surface area contributed by atoms with E-state index in [0.29, 0.717) is 37.6 Å². The number of nitrogens with zero attached hydrogens (tertiary/aromatic N) is 1. The highest BCUT2D eigenvalue weighted by molar-refractivity contribution is 5.92. The number of hydrogen-bond donors (Lipinski definition) is 0. The van der Waals surface area contributed by atoms with Gasteiger partial charge in [0.25, 0.3) is 5.79 Å². The smallest absolute Gasteiger partial charge is 0.258 e. The fourth-order valence-electron chi connectivity index (χ4n) is 3.48. The van der Waals surface area contributed by atoms with E-state index in [-0.39, 0.29) is 12.2 Å². The Morgan fingerprint density at radius 1 is 1.00 bits per heavy atom. The van der Waals surface area contributed by atoms with Gasteiger partial charge in [0.2, 0.25) is 5.78 Å². The van der Waals surface area contributed by atoms with Crippen LogP contribution >= 0.6 is 0 Å². The standard InChI is InChI=1S/C16H15NO5/c17-10-11-9-15(19-5-6-20-15)12-3-1-2-4-13(12)16(14(11)18)21-7-8-22-16/h1-4,11H,5-9H2/t11-/m0/s1. The van der Waals surface area contributed by atoms with Crippen molar-refractivity contribution < 1.29 is 23.7 Å². The molecule has 2 saturated heterocycles. The lowest BCUT2D eigenvalue weighted by Gasteiger charge is -2.30. The van der Waals surface area contributed by atoms with Gasteiger partial charge in [-0.15, -0.1) is 0 Å². The van der Waals surface area contributed by atoms with Crippen LogP contribution in [0, 0.1) is 17.2 Å². The molecule has 2 fully saturated rings. The number of carbonyl (C=O) groups is 1. The topological polar surface area (TPSA) is 77.8 Å². The molecule has 4 rings (SSSR count). The lowest BCUT2D eigenvalue weighted by atomic mass is 9.94. The molecule has 0 unspecified atom stereocenters. The summed E-state index contributed by atoms with van der Waals surface area (Å²) in [5.74, 6) is -3.89. The molecule has 6 heteroatoms. The summed E-state index contributed by atoms with van der Waals surface area (Å²) in [4.78, 5) is 12.9. The quantitative estimate of drug-likeness (QED) is 0.716. The Morgan fingerprint density at radius 3 is 2.23 bits per heavy atom. The molecule has 0 saturated carbocycles. The van der Waals surface area contributed by atoms with Gasteiger partial charge in [-0.1, -0.05) is 24.3 Å². The highest BCUT2D eigenvalue weighted by Crippen LogP contribution is 2.49. The van der Waals surface area contributed by atoms with Crippen molar-refractivity contribution in [3.8, 4) is 6.07 Å². The Hall–Kier alpha value is -1.78. The maximum atomic E-state index is 12.9. The minimum atomic E-state index is -1.52. The van der Waals surface area contributed by atoms with Gasteiger partial charge in [-0.3, -0.25) is 4.79 Å². The molecule has 6 nitrogen and oxygen atoms in total. The monoisotopic (exact) mass is 301 g/mol. The average Bonchev–Trinajstić information content (AvgIpc) is 3.21. The summed E-state index contributed by atoms with van der Waals surface area (Å²) in [6, 6.07) is 9.36. The summed E-state index contributed by atoms with van der Waals surface area (Å²) in [6.45, 7) is 1.48. The number of fused-ring (bicyclic) bond motifs is 3. The molecular formula is C16H15NO5. The Labute approximate surface area is 127 Å². The second-order valence-corrected chi connectivity index (χ2v) is 5.56. The van der Waals surface area contributed by atoms with E-state index in [1.165, 1.54) is 0 Å². The molecule has 1 atom stereocenters. The highest BCUT2D eigenvalue weighted by Gasteiger charge is 2.58. The van der Waals surface area contributed by atoms with Gasteiger partial charge in [0, 0.05) is 17.5 Å². The molecule has 1 aromatic carbocycles. The Kier molecular flexibility index (Phi) is 3.06. The SMILES string of the molecule is N#C[C@@H]1CC2(OCCO2)c2ccccc2C2(OCCO2)C1=O. The van der Waals surface area contributed by atoms with Crippen LogP contribution < -0.4 is 0 Å². The van der Waals surface area contributed by atoms with Gasteiger partial charge >= 0.3 is 0 Å². The first-order chi connectivity index (χ1) is 10.7. The number of rotatable bonds is 0. The summed E-state index contributed by atoms with van der Waals surface area (Å²) in [5.41, 5.74) is 1.29. The number of ketones is 1. The fraction of sp³-hybridized carbons (Fsp3) is 0.500. The van der Waals surface area contributed by atoms with Gasteiger partial charge in [-0.25, -0.2) is 0 Å². The second-order valence-electron chi connectivity index (χ2n) is 5.56. The van der Waals surface area contributed by atoms with Gasteiger partial charge in [-0.2, -0.15) is 5.26 Å². The maximum Gasteiger partial charge on any atom is 0.258 e. The molecule has 0 N–H and O–H groups in total. The van der Waals surface area contributed by atoms with E-state index in [2.05, 4.69) is 6.07 Å². The third-order valence-corrected chi connectivity index (χ3v) is 4.41. The van der Waals surface area contributed by atoms with E-state index in [4.69, 9.17) is 18.9 Å². The molecular weight excluding hydrogens is 286 g/mol. The van der Waals surface area contributed by atoms with Crippen LogP contribution in [0.15, 0.2) is 24.3 Å². The van der Waals surface area contributed by atoms with E-state index in [9.17, 15) is 10.1 Å². The summed E-state index contributed by atoms with van der Waals surface area (Å²) >= 11 is 0. The predicted molar refractivity (Wildman–Crippen MR) is 72.3 cm³/mol. The minimum absolute atomic E-state index is 0.147. The molecule has 2 spiro atoms. The zero-order chi connectivity index (χ0) is 15.2. The molecule has 0 amide bonds. The Bertz CT molecular complexity index is 653. The first-order valence-corrected chi connectivity index (χ1v) is 7.32. The van der Waals surface area contributed by atoms with E-state index in [1.807, 2.05) is 18.2 Å². The number of Topliss-reactive ketones (excluding diaryl/α,β-unsaturated/α-hetero) is 1. The molecule has 0 aromatic heterocycles. The average molecular weight is 301 g/mol. The summed E-state index contributed by atoms with van der Waals surface area (Å²) in [6.07, 6.45) is 0.147. The van der Waals surface area contributed by atoms with Gasteiger partial charge in [-0.05, 0) is 0 Å². The zero-order valence-corrected chi connectivity index (χ0v) is 11.9. The summed E-state index contributed by atoms with van der Waals surface area (Å²) in [7, 11) is 0. The second kappa shape index (κ2) is 4.86. The third-order valence-electron chi connectivity index (χ3n) is 4.41. The van der Waals surface area contributed by atoms with Crippen LogP contribution in [0.2, 0.25) is 0 Å². The van der Waals surface area contributed by atoms with Gasteiger partial charge in [0.15, 0.2) is 5.79 Å². The molecule has 1 aromatic rings. The molecule has 2 aliphatic heterocycles. The number of ether oxygens (including phenoxy) is 4. The van der Waals surface area contributed by atoms with Crippen LogP contribution in [0.5, 0.6) is 0 Å². The molecule has 114 valence electrons. The largest absolute Gasteiger partial charge is 0.343 e. The molecule has 0 radical (unpaired) electrons. The van der Waals surface area contributed by atoms with E-state index < -0.39 is 17.5 Å². The van der Waals surface area contributed by atoms with Crippen molar-refractivity contribution in [2.45, 2.75) is 18.0 Å². The molecule has 3 aliphatic rings. The Morgan fingerprint density at radius 2 is 1.59 bits per heavy atom. The Balaban J connectivity index is 1.97. The molecule has 2 heterocycles. The van der Waals surface area contributed by atoms with Gasteiger partial charge in [0.05, 0.1) is 32.5 Å². The third kappa shape index (κ3) is 1.71. The molecule has 1 aliphatic carbocycles. The van der Waals surface area contributed by atoms with Crippen molar-refractivity contribution in [1.82, 2.24) is 0 Å². The van der Waals surface area contributed by atoms with Gasteiger partial charge in [0.1, 0.15) is 5.92 Å². The fourth-order valence-corrected chi connectivity index (χ4v) is 3.48.